The molecule has 0 bridgehead atoms. The van der Waals surface area contributed by atoms with Crippen LogP contribution in [0.1, 0.15) is 32.3 Å². The maximum absolute atomic E-state index is 13.8. The van der Waals surface area contributed by atoms with E-state index >= 15 is 0 Å². The van der Waals surface area contributed by atoms with E-state index in [1.807, 2.05) is 13.0 Å². The first-order valence-corrected chi connectivity index (χ1v) is 14.0. The lowest BCUT2D eigenvalue weighted by Crippen LogP contribution is -2.51. The average Bonchev–Trinajstić information content (AvgIpc) is 2.95. The number of unbranched alkanes of at least 4 members (excludes halogenated alkanes) is 1. The van der Waals surface area contributed by atoms with Crippen LogP contribution in [0.4, 0.5) is 5.69 Å². The molecule has 0 aliphatic heterocycles. The Labute approximate surface area is 225 Å². The predicted octanol–water partition coefficient (Wildman–Crippen LogP) is 4.22. The number of para-hydroxylation sites is 1. The highest BCUT2D eigenvalue weighted by atomic mass is 32.2. The second-order valence-electron chi connectivity index (χ2n) is 8.85. The van der Waals surface area contributed by atoms with Gasteiger partial charge in [-0.1, -0.05) is 61.9 Å². The highest BCUT2D eigenvalue weighted by Crippen LogP contribution is 2.24. The van der Waals surface area contributed by atoms with Crippen LogP contribution in [0.2, 0.25) is 0 Å². The summed E-state index contributed by atoms with van der Waals surface area (Å²) in [7, 11) is -2.51. The van der Waals surface area contributed by atoms with E-state index in [9.17, 15) is 18.0 Å². The van der Waals surface area contributed by atoms with Gasteiger partial charge in [0.25, 0.3) is 10.0 Å². The zero-order chi connectivity index (χ0) is 27.5. The number of nitrogens with zero attached hydrogens (tertiary/aromatic N) is 2. The highest BCUT2D eigenvalue weighted by molar-refractivity contribution is 7.92. The minimum atomic E-state index is -4.06. The number of methoxy groups -OCH3 is 1. The van der Waals surface area contributed by atoms with Gasteiger partial charge in [-0.15, -0.1) is 0 Å². The van der Waals surface area contributed by atoms with Crippen molar-refractivity contribution in [2.75, 3.05) is 24.5 Å². The Kier molecular flexibility index (Phi) is 10.3. The van der Waals surface area contributed by atoms with E-state index in [-0.39, 0.29) is 17.3 Å². The molecule has 3 rings (SSSR count). The molecule has 0 aliphatic rings. The van der Waals surface area contributed by atoms with E-state index in [4.69, 9.17) is 4.74 Å². The average molecular weight is 538 g/mol. The lowest BCUT2D eigenvalue weighted by Gasteiger charge is -2.32. The third-order valence-corrected chi connectivity index (χ3v) is 7.93. The van der Waals surface area contributed by atoms with Crippen LogP contribution in [-0.2, 0) is 26.2 Å². The van der Waals surface area contributed by atoms with Crippen LogP contribution in [0, 0.1) is 0 Å². The van der Waals surface area contributed by atoms with Gasteiger partial charge in [0.1, 0.15) is 18.3 Å². The summed E-state index contributed by atoms with van der Waals surface area (Å²) < 4.78 is 33.7. The molecule has 0 aromatic heterocycles. The van der Waals surface area contributed by atoms with Crippen LogP contribution in [0.5, 0.6) is 5.75 Å². The van der Waals surface area contributed by atoms with Gasteiger partial charge in [0, 0.05) is 13.1 Å². The normalized spacial score (nSPS) is 11.9. The van der Waals surface area contributed by atoms with Crippen molar-refractivity contribution >= 4 is 27.5 Å². The Morgan fingerprint density at radius 3 is 2.24 bits per heavy atom. The van der Waals surface area contributed by atoms with Gasteiger partial charge in [-0.05, 0) is 55.3 Å². The fraction of sp³-hybridized carbons (Fsp3) is 0.310. The van der Waals surface area contributed by atoms with Crippen LogP contribution in [0.15, 0.2) is 89.8 Å². The third kappa shape index (κ3) is 7.35. The van der Waals surface area contributed by atoms with Crippen LogP contribution in [0.3, 0.4) is 0 Å². The quantitative estimate of drug-likeness (QED) is 0.329. The van der Waals surface area contributed by atoms with Crippen molar-refractivity contribution in [2.45, 2.75) is 44.2 Å². The minimum absolute atomic E-state index is 0.0707. The van der Waals surface area contributed by atoms with Gasteiger partial charge in [0.05, 0.1) is 17.7 Å². The molecule has 0 saturated carbocycles. The van der Waals surface area contributed by atoms with Gasteiger partial charge in [-0.25, -0.2) is 8.42 Å². The van der Waals surface area contributed by atoms with E-state index < -0.39 is 28.5 Å². The summed E-state index contributed by atoms with van der Waals surface area (Å²) in [4.78, 5) is 28.3. The van der Waals surface area contributed by atoms with Crippen molar-refractivity contribution in [1.82, 2.24) is 10.2 Å². The Balaban J connectivity index is 1.97. The third-order valence-electron chi connectivity index (χ3n) is 6.14. The van der Waals surface area contributed by atoms with E-state index in [0.29, 0.717) is 18.0 Å². The first-order valence-electron chi connectivity index (χ1n) is 12.6. The minimum Gasteiger partial charge on any atom is -0.497 e. The maximum atomic E-state index is 13.8. The van der Waals surface area contributed by atoms with Crippen molar-refractivity contribution < 1.29 is 22.7 Å². The number of nitrogens with one attached hydrogen (secondary N) is 1. The lowest BCUT2D eigenvalue weighted by molar-refractivity contribution is -0.139. The van der Waals surface area contributed by atoms with Gasteiger partial charge in [0.2, 0.25) is 11.8 Å². The monoisotopic (exact) mass is 537 g/mol. The molecule has 0 radical (unpaired) electrons. The molecular formula is C29H35N3O5S. The van der Waals surface area contributed by atoms with E-state index in [1.54, 1.807) is 80.8 Å². The van der Waals surface area contributed by atoms with Crippen molar-refractivity contribution in [3.63, 3.8) is 0 Å². The molecular weight excluding hydrogens is 502 g/mol. The second kappa shape index (κ2) is 13.6. The van der Waals surface area contributed by atoms with Crippen molar-refractivity contribution in [1.29, 1.82) is 0 Å². The zero-order valence-corrected chi connectivity index (χ0v) is 22.9. The number of sulfonamides is 1. The van der Waals surface area contributed by atoms with Crippen molar-refractivity contribution in [3.05, 3.63) is 90.5 Å². The molecule has 2 amide bonds. The van der Waals surface area contributed by atoms with E-state index in [0.717, 1.165) is 22.7 Å². The van der Waals surface area contributed by atoms with Gasteiger partial charge in [-0.2, -0.15) is 0 Å². The number of hydrogen-bond acceptors (Lipinski definition) is 5. The summed E-state index contributed by atoms with van der Waals surface area (Å²) in [6.07, 6.45) is 1.74. The number of rotatable bonds is 13. The number of benzene rings is 3. The molecule has 202 valence electrons. The molecule has 0 unspecified atom stereocenters. The first kappa shape index (κ1) is 28.7. The summed E-state index contributed by atoms with van der Waals surface area (Å²) in [5, 5.41) is 2.88. The number of carbonyl (C=O) groups excluding carboxylic acids is 2. The highest BCUT2D eigenvalue weighted by Gasteiger charge is 2.32. The summed E-state index contributed by atoms with van der Waals surface area (Å²) in [5.41, 5.74) is 1.11. The van der Waals surface area contributed by atoms with Crippen LogP contribution in [0.25, 0.3) is 0 Å². The second-order valence-corrected chi connectivity index (χ2v) is 10.7. The van der Waals surface area contributed by atoms with Gasteiger partial charge in [0.15, 0.2) is 0 Å². The summed E-state index contributed by atoms with van der Waals surface area (Å²) in [6, 6.07) is 22.9. The Hall–Kier alpha value is -3.85. The maximum Gasteiger partial charge on any atom is 0.264 e. The molecule has 0 saturated heterocycles. The smallest absolute Gasteiger partial charge is 0.264 e. The Morgan fingerprint density at radius 1 is 0.947 bits per heavy atom. The topological polar surface area (TPSA) is 96.0 Å². The van der Waals surface area contributed by atoms with E-state index in [2.05, 4.69) is 5.32 Å². The van der Waals surface area contributed by atoms with Gasteiger partial charge >= 0.3 is 0 Å². The molecule has 1 atom stereocenters. The SMILES string of the molecule is CCCCNC(=O)[C@@H](C)N(Cc1cccc(OC)c1)C(=O)CN(c1ccccc1)S(=O)(=O)c1ccccc1. The van der Waals surface area contributed by atoms with Gasteiger partial charge < -0.3 is 15.0 Å². The molecule has 0 fully saturated rings. The zero-order valence-electron chi connectivity index (χ0n) is 22.0. The molecule has 38 heavy (non-hydrogen) atoms. The van der Waals surface area contributed by atoms with E-state index in [1.165, 1.54) is 17.0 Å². The van der Waals surface area contributed by atoms with Crippen molar-refractivity contribution in [2.24, 2.45) is 0 Å². The summed E-state index contributed by atoms with van der Waals surface area (Å²) >= 11 is 0. The number of amides is 2. The van der Waals surface area contributed by atoms with Crippen molar-refractivity contribution in [3.8, 4) is 5.75 Å². The molecule has 3 aromatic carbocycles. The fourth-order valence-electron chi connectivity index (χ4n) is 3.93. The van der Waals surface area contributed by atoms with Crippen LogP contribution < -0.4 is 14.4 Å². The molecule has 0 aliphatic carbocycles. The molecule has 3 aromatic rings. The number of hydrogen-bond donors (Lipinski definition) is 1. The Morgan fingerprint density at radius 2 is 1.61 bits per heavy atom. The lowest BCUT2D eigenvalue weighted by atomic mass is 10.1. The van der Waals surface area contributed by atoms with Crippen LogP contribution in [-0.4, -0.2) is 51.4 Å². The molecule has 9 heteroatoms. The molecule has 0 heterocycles. The molecule has 8 nitrogen and oxygen atoms in total. The molecule has 0 spiro atoms. The number of carbonyl (C=O) groups is 2. The predicted molar refractivity (Wildman–Crippen MR) is 148 cm³/mol. The molecule has 1 N–H and O–H groups in total. The Bertz CT molecular complexity index is 1300. The number of ether oxygens (including phenoxy) is 1. The number of anilines is 1. The van der Waals surface area contributed by atoms with Crippen LogP contribution >= 0.6 is 0 Å². The fourth-order valence-corrected chi connectivity index (χ4v) is 5.36. The summed E-state index contributed by atoms with van der Waals surface area (Å²) in [6.45, 7) is 3.81. The largest absolute Gasteiger partial charge is 0.497 e. The first-order chi connectivity index (χ1) is 18.3. The van der Waals surface area contributed by atoms with Gasteiger partial charge in [-0.3, -0.25) is 13.9 Å². The standard InChI is InChI=1S/C29H35N3O5S/c1-4-5-19-30-29(34)23(2)31(21-24-13-12-16-26(20-24)37-3)28(33)22-32(25-14-8-6-9-15-25)38(35,36)27-17-10-7-11-18-27/h6-18,20,23H,4-5,19,21-22H2,1-3H3,(H,30,34)/t23-/m1/s1. The summed E-state index contributed by atoms with van der Waals surface area (Å²) in [5.74, 6) is -0.186.